The Bertz CT molecular complexity index is 1320. The van der Waals surface area contributed by atoms with Gasteiger partial charge in [0.1, 0.15) is 24.0 Å². The number of hydrogen-bond donors (Lipinski definition) is 0. The van der Waals surface area contributed by atoms with Crippen LogP contribution in [0.3, 0.4) is 0 Å². The number of hydrogen-bond acceptors (Lipinski definition) is 6. The number of ether oxygens (including phenoxy) is 2. The van der Waals surface area contributed by atoms with E-state index < -0.39 is 24.9 Å². The van der Waals surface area contributed by atoms with Gasteiger partial charge in [-0.25, -0.2) is 4.74 Å². The van der Waals surface area contributed by atoms with Crippen LogP contribution in [0.2, 0.25) is 0 Å². The number of nitrogens with zero attached hydrogens (tertiary/aromatic N) is 2. The summed E-state index contributed by atoms with van der Waals surface area (Å²) >= 11 is 0. The number of amides is 1. The van der Waals surface area contributed by atoms with Crippen molar-refractivity contribution in [2.24, 2.45) is 4.74 Å². The Labute approximate surface area is 215 Å². The maximum atomic E-state index is 13.5. The van der Waals surface area contributed by atoms with Gasteiger partial charge < -0.3 is 9.47 Å². The molecule has 0 unspecified atom stereocenters. The Morgan fingerprint density at radius 1 is 0.811 bits per heavy atom. The lowest BCUT2D eigenvalue weighted by molar-refractivity contribution is -0.139. The fourth-order valence-corrected chi connectivity index (χ4v) is 7.01. The summed E-state index contributed by atoms with van der Waals surface area (Å²) in [6.45, 7) is 2.15. The predicted molar refractivity (Wildman–Crippen MR) is 143 cm³/mol. The van der Waals surface area contributed by atoms with Crippen molar-refractivity contribution in [3.63, 3.8) is 0 Å². The van der Waals surface area contributed by atoms with E-state index in [4.69, 9.17) is 14.2 Å². The lowest BCUT2D eigenvalue weighted by atomic mass is 10.2. The van der Waals surface area contributed by atoms with E-state index in [2.05, 4.69) is 0 Å². The average molecular weight is 513 g/mol. The van der Waals surface area contributed by atoms with Crippen molar-refractivity contribution < 1.29 is 23.9 Å². The summed E-state index contributed by atoms with van der Waals surface area (Å²) in [6, 6.07) is 30.5. The predicted octanol–water partition coefficient (Wildman–Crippen LogP) is 4.15. The Morgan fingerprint density at radius 3 is 1.65 bits per heavy atom. The van der Waals surface area contributed by atoms with Crippen molar-refractivity contribution in [3.8, 4) is 6.07 Å². The molecule has 3 aromatic carbocycles. The van der Waals surface area contributed by atoms with Crippen LogP contribution in [0.25, 0.3) is 0 Å². The molecule has 8 heteroatoms. The minimum absolute atomic E-state index is 0.192. The second kappa shape index (κ2) is 13.0. The molecule has 0 saturated heterocycles. The van der Waals surface area contributed by atoms with E-state index in [1.54, 1.807) is 0 Å². The van der Waals surface area contributed by atoms with E-state index >= 15 is 0 Å². The lowest BCUT2D eigenvalue weighted by Gasteiger charge is -2.26. The van der Waals surface area contributed by atoms with Crippen LogP contribution in [-0.4, -0.2) is 24.5 Å². The van der Waals surface area contributed by atoms with Crippen LogP contribution in [0.4, 0.5) is 0 Å². The maximum Gasteiger partial charge on any atom is 0.308 e. The number of carbonyl (C=O) groups is 3. The molecule has 0 heterocycles. The lowest BCUT2D eigenvalue weighted by Crippen LogP contribution is -2.26. The van der Waals surface area contributed by atoms with E-state index in [9.17, 15) is 19.6 Å². The molecule has 186 valence electrons. The number of nitriles is 1. The fourth-order valence-electron chi connectivity index (χ4n) is 3.61. The van der Waals surface area contributed by atoms with Gasteiger partial charge in [0.05, 0.1) is 7.05 Å². The van der Waals surface area contributed by atoms with Gasteiger partial charge in [0.25, 0.3) is 5.91 Å². The van der Waals surface area contributed by atoms with Crippen molar-refractivity contribution >= 4 is 40.8 Å². The van der Waals surface area contributed by atoms with Gasteiger partial charge in [0, 0.05) is 35.8 Å². The minimum Gasteiger partial charge on any atom is -0.461 e. The highest BCUT2D eigenvalue weighted by molar-refractivity contribution is 7.87. The Hall–Kier alpha value is -4.53. The second-order valence-electron chi connectivity index (χ2n) is 7.71. The van der Waals surface area contributed by atoms with Crippen LogP contribution in [0.15, 0.2) is 119 Å². The first-order valence-corrected chi connectivity index (χ1v) is 13.1. The van der Waals surface area contributed by atoms with Crippen molar-refractivity contribution in [1.82, 2.24) is 0 Å². The highest BCUT2D eigenvalue weighted by Crippen LogP contribution is 2.46. The van der Waals surface area contributed by atoms with Crippen LogP contribution < -0.4 is 15.9 Å². The molecule has 0 N–H and O–H groups in total. The van der Waals surface area contributed by atoms with Crippen LogP contribution in [-0.2, 0) is 23.9 Å². The molecule has 0 radical (unpaired) electrons. The number of allylic oxidation sites excluding steroid dienone is 1. The summed E-state index contributed by atoms with van der Waals surface area (Å²) in [5, 5.41) is 12.4. The van der Waals surface area contributed by atoms with E-state index in [1.807, 2.05) is 97.1 Å². The summed E-state index contributed by atoms with van der Waals surface area (Å²) in [5.74, 6) is -2.11. The molecule has 1 amide bonds. The van der Waals surface area contributed by atoms with Gasteiger partial charge in [0.2, 0.25) is 0 Å². The molecule has 0 bridgehead atoms. The van der Waals surface area contributed by atoms with Gasteiger partial charge in [-0.3, -0.25) is 14.4 Å². The quantitative estimate of drug-likeness (QED) is 0.112. The standard InChI is InChI=1S/C29H25N2O5P/c1-22(32)35-19-18-28(36-23(2)33)24(21-30)20-29(34)31-37(25-12-6-3-7-13-25,26-14-8-4-9-15-26)27-16-10-5-11-17-27/h3-18,20H,19H2,1-2H3/b24-20-,28-18-. The first-order valence-electron chi connectivity index (χ1n) is 11.3. The van der Waals surface area contributed by atoms with Crippen molar-refractivity contribution in [3.05, 3.63) is 114 Å². The molecule has 0 aliphatic carbocycles. The smallest absolute Gasteiger partial charge is 0.308 e. The van der Waals surface area contributed by atoms with Gasteiger partial charge in [0.15, 0.2) is 0 Å². The zero-order valence-corrected chi connectivity index (χ0v) is 21.3. The number of esters is 2. The Morgan fingerprint density at radius 2 is 1.27 bits per heavy atom. The van der Waals surface area contributed by atoms with Crippen LogP contribution in [0.5, 0.6) is 0 Å². The van der Waals surface area contributed by atoms with Gasteiger partial charge in [-0.15, -0.1) is 0 Å². The molecule has 0 aliphatic rings. The second-order valence-corrected chi connectivity index (χ2v) is 10.7. The Balaban J connectivity index is 2.24. The summed E-state index contributed by atoms with van der Waals surface area (Å²) < 4.78 is 14.8. The fraction of sp³-hybridized carbons (Fsp3) is 0.103. The monoisotopic (exact) mass is 512 g/mol. The number of rotatable bonds is 8. The zero-order chi connectivity index (χ0) is 26.7. The van der Waals surface area contributed by atoms with Crippen molar-refractivity contribution in [2.75, 3.05) is 6.61 Å². The van der Waals surface area contributed by atoms with Crippen LogP contribution in [0, 0.1) is 11.3 Å². The van der Waals surface area contributed by atoms with Gasteiger partial charge in [-0.2, -0.15) is 5.26 Å². The summed E-state index contributed by atoms with van der Waals surface area (Å²) in [5.41, 5.74) is -0.219. The van der Waals surface area contributed by atoms with E-state index in [-0.39, 0.29) is 17.9 Å². The topological polar surface area (TPSA) is 106 Å². The van der Waals surface area contributed by atoms with Gasteiger partial charge >= 0.3 is 11.9 Å². The zero-order valence-electron chi connectivity index (χ0n) is 20.4. The highest BCUT2D eigenvalue weighted by Gasteiger charge is 2.28. The van der Waals surface area contributed by atoms with Crippen LogP contribution >= 0.6 is 7.05 Å². The SMILES string of the molecule is CC(=O)OC/C=C(OC(C)=O)/C(C#N)=C\C(=O)N=P(c1ccccc1)(c1ccccc1)c1ccccc1. The van der Waals surface area contributed by atoms with E-state index in [0.29, 0.717) is 0 Å². The number of benzene rings is 3. The summed E-state index contributed by atoms with van der Waals surface area (Å²) in [4.78, 5) is 36.3. The first-order chi connectivity index (χ1) is 17.9. The number of carbonyl (C=O) groups excluding carboxylic acids is 3. The molecular weight excluding hydrogens is 487 g/mol. The van der Waals surface area contributed by atoms with E-state index in [0.717, 1.165) is 28.9 Å². The van der Waals surface area contributed by atoms with Crippen molar-refractivity contribution in [2.45, 2.75) is 13.8 Å². The molecule has 0 spiro atoms. The molecule has 0 atom stereocenters. The molecule has 3 rings (SSSR count). The van der Waals surface area contributed by atoms with Crippen LogP contribution in [0.1, 0.15) is 13.8 Å². The van der Waals surface area contributed by atoms with Gasteiger partial charge in [-0.05, 0) is 6.08 Å². The van der Waals surface area contributed by atoms with Crippen molar-refractivity contribution in [1.29, 1.82) is 5.26 Å². The third-order valence-electron chi connectivity index (χ3n) is 5.10. The molecule has 0 saturated carbocycles. The third kappa shape index (κ3) is 7.00. The maximum absolute atomic E-state index is 13.5. The molecule has 0 aliphatic heterocycles. The Kier molecular flexibility index (Phi) is 9.48. The van der Waals surface area contributed by atoms with Gasteiger partial charge in [-0.1, -0.05) is 91.0 Å². The first kappa shape index (κ1) is 27.1. The molecule has 0 aromatic heterocycles. The highest BCUT2D eigenvalue weighted by atomic mass is 31.2. The molecule has 37 heavy (non-hydrogen) atoms. The third-order valence-corrected chi connectivity index (χ3v) is 8.73. The average Bonchev–Trinajstić information content (AvgIpc) is 2.91. The summed E-state index contributed by atoms with van der Waals surface area (Å²) in [7, 11) is -2.84. The molecule has 0 fully saturated rings. The molecular formula is C29H25N2O5P. The molecule has 3 aromatic rings. The largest absolute Gasteiger partial charge is 0.461 e. The molecule has 7 nitrogen and oxygen atoms in total. The minimum atomic E-state index is -2.84. The normalized spacial score (nSPS) is 11.7. The summed E-state index contributed by atoms with van der Waals surface area (Å²) in [6.07, 6.45) is 2.28. The van der Waals surface area contributed by atoms with E-state index in [1.165, 1.54) is 13.0 Å².